The van der Waals surface area contributed by atoms with Gasteiger partial charge in [0.15, 0.2) is 0 Å². The Kier molecular flexibility index (Phi) is 10.8. The summed E-state index contributed by atoms with van der Waals surface area (Å²) >= 11 is 7.80. The molecule has 1 aliphatic heterocycles. The van der Waals surface area contributed by atoms with E-state index < -0.39 is 40.2 Å². The van der Waals surface area contributed by atoms with Gasteiger partial charge < -0.3 is 9.47 Å². The Hall–Kier alpha value is -5.43. The van der Waals surface area contributed by atoms with E-state index in [4.69, 9.17) is 21.1 Å². The summed E-state index contributed by atoms with van der Waals surface area (Å²) in [6, 6.07) is 10.2. The van der Waals surface area contributed by atoms with Crippen molar-refractivity contribution >= 4 is 50.0 Å². The third-order valence-corrected chi connectivity index (χ3v) is 10.9. The number of aryl methyl sites for hydroxylation is 3. The number of likely N-dealkylation sites (tertiary alicyclic amines) is 1. The Labute approximate surface area is 326 Å². The summed E-state index contributed by atoms with van der Waals surface area (Å²) in [5.41, 5.74) is -1.05. The molecule has 16 heteroatoms. The molecule has 0 saturated carbocycles. The number of hydrogen-bond donors (Lipinski definition) is 0. The molecule has 4 aromatic heterocycles. The van der Waals surface area contributed by atoms with Gasteiger partial charge in [-0.1, -0.05) is 11.6 Å². The van der Waals surface area contributed by atoms with E-state index in [1.807, 2.05) is 6.07 Å². The predicted molar refractivity (Wildman–Crippen MR) is 205 cm³/mol. The molecule has 7 rings (SSSR count). The highest BCUT2D eigenvalue weighted by atomic mass is 35.5. The molecule has 0 N–H and O–H groups in total. The number of nitriles is 1. The number of hydrogen-bond acceptors (Lipinski definition) is 10. The maximum absolute atomic E-state index is 14.5. The average Bonchev–Trinajstić information content (AvgIpc) is 3.83. The second kappa shape index (κ2) is 15.6. The Morgan fingerprint density at radius 3 is 2.52 bits per heavy atom. The summed E-state index contributed by atoms with van der Waals surface area (Å²) in [5.74, 6) is -0.891. The first-order chi connectivity index (χ1) is 26.7. The van der Waals surface area contributed by atoms with Crippen LogP contribution in [0.3, 0.4) is 0 Å². The van der Waals surface area contributed by atoms with Gasteiger partial charge in [-0.15, -0.1) is 11.3 Å². The van der Waals surface area contributed by atoms with E-state index in [-0.39, 0.29) is 47.7 Å². The lowest BCUT2D eigenvalue weighted by Crippen LogP contribution is -2.27. The quantitative estimate of drug-likeness (QED) is 0.0989. The molecule has 0 bridgehead atoms. The second-order valence-electron chi connectivity index (χ2n) is 13.4. The van der Waals surface area contributed by atoms with Crippen LogP contribution in [0.1, 0.15) is 51.5 Å². The van der Waals surface area contributed by atoms with Gasteiger partial charge in [-0.25, -0.2) is 14.2 Å². The van der Waals surface area contributed by atoms with Crippen LogP contribution < -0.4 is 10.3 Å². The summed E-state index contributed by atoms with van der Waals surface area (Å²) < 4.78 is 71.5. The molecule has 6 aromatic rings. The van der Waals surface area contributed by atoms with Gasteiger partial charge in [0.25, 0.3) is 5.56 Å². The lowest BCUT2D eigenvalue weighted by Gasteiger charge is -2.19. The number of halogens is 5. The van der Waals surface area contributed by atoms with Crippen molar-refractivity contribution in [3.05, 3.63) is 103 Å². The number of benzene rings is 2. The molecule has 0 aliphatic carbocycles. The van der Waals surface area contributed by atoms with Gasteiger partial charge in [0, 0.05) is 50.6 Å². The van der Waals surface area contributed by atoms with Crippen molar-refractivity contribution in [1.82, 2.24) is 24.4 Å². The van der Waals surface area contributed by atoms with Crippen LogP contribution in [0, 0.1) is 37.9 Å². The molecule has 0 radical (unpaired) electrons. The molecular formula is C40H33ClF4N6O4S. The van der Waals surface area contributed by atoms with Crippen LogP contribution >= 0.6 is 22.9 Å². The molecule has 0 atom stereocenters. The van der Waals surface area contributed by atoms with Crippen molar-refractivity contribution < 1.29 is 31.8 Å². The fraction of sp³-hybridized carbons (Fsp3) is 0.300. The maximum Gasteiger partial charge on any atom is 0.417 e. The Bertz CT molecular complexity index is 2630. The average molecular weight is 805 g/mol. The van der Waals surface area contributed by atoms with Crippen molar-refractivity contribution in [1.29, 1.82) is 5.26 Å². The monoisotopic (exact) mass is 804 g/mol. The number of fused-ring (bicyclic) bond motifs is 2. The van der Waals surface area contributed by atoms with Crippen LogP contribution in [0.15, 0.2) is 52.8 Å². The van der Waals surface area contributed by atoms with Gasteiger partial charge in [-0.2, -0.15) is 18.4 Å². The SMILES string of the molecule is Cc1cc(-c2cc(Cl)ccc2OCCn2c(C)nc3cc(C(F)(F)F)c(-c4cc(F)cnc4C)c(C#N)c3c2=O)c2scc(C(=O)OCCN3CCCC3)c2n1. The molecule has 0 amide bonds. The number of alkyl halides is 3. The van der Waals surface area contributed by atoms with Crippen molar-refractivity contribution in [2.75, 3.05) is 32.8 Å². The molecule has 2 aromatic carbocycles. The van der Waals surface area contributed by atoms with Gasteiger partial charge >= 0.3 is 12.1 Å². The number of carbonyl (C=O) groups is 1. The summed E-state index contributed by atoms with van der Waals surface area (Å²) in [5, 5.41) is 12.0. The lowest BCUT2D eigenvalue weighted by atomic mass is 9.90. The molecule has 288 valence electrons. The zero-order chi connectivity index (χ0) is 39.9. The van der Waals surface area contributed by atoms with E-state index in [0.717, 1.165) is 38.2 Å². The van der Waals surface area contributed by atoms with Crippen LogP contribution in [0.4, 0.5) is 17.6 Å². The van der Waals surface area contributed by atoms with E-state index in [1.165, 1.54) is 29.8 Å². The predicted octanol–water partition coefficient (Wildman–Crippen LogP) is 8.68. The van der Waals surface area contributed by atoms with Crippen LogP contribution in [-0.4, -0.2) is 63.2 Å². The van der Waals surface area contributed by atoms with Crippen molar-refractivity contribution in [3.8, 4) is 34.1 Å². The third kappa shape index (κ3) is 7.56. The zero-order valence-corrected chi connectivity index (χ0v) is 32.0. The van der Waals surface area contributed by atoms with Gasteiger partial charge in [0.05, 0.1) is 50.6 Å². The minimum Gasteiger partial charge on any atom is -0.491 e. The standard InChI is InChI=1S/C40H33ClF4N6O4S/c1-21-14-28(37-36(48-21)30(20-56-37)39(53)55-12-10-50-8-4-5-9-50)27-15-24(41)6-7-33(27)54-13-11-51-23(3)49-32-17-31(40(43,44)45)34(29(18-46)35(32)38(51)52)26-16-25(42)19-47-22(26)2/h6-7,14-17,19-20H,4-5,8-13H2,1-3H3. The number of aromatic nitrogens is 4. The second-order valence-corrected chi connectivity index (χ2v) is 14.7. The molecular weight excluding hydrogens is 772 g/mol. The van der Waals surface area contributed by atoms with E-state index >= 15 is 0 Å². The van der Waals surface area contributed by atoms with Crippen LogP contribution in [0.25, 0.3) is 43.4 Å². The molecule has 1 saturated heterocycles. The Morgan fingerprint density at radius 1 is 1.02 bits per heavy atom. The van der Waals surface area contributed by atoms with Crippen molar-refractivity contribution in [2.45, 2.75) is 46.3 Å². The van der Waals surface area contributed by atoms with E-state index in [2.05, 4.69) is 19.9 Å². The first-order valence-corrected chi connectivity index (χ1v) is 18.9. The first kappa shape index (κ1) is 38.8. The van der Waals surface area contributed by atoms with Crippen molar-refractivity contribution in [2.24, 2.45) is 0 Å². The summed E-state index contributed by atoms with van der Waals surface area (Å²) in [4.78, 5) is 42.3. The highest BCUT2D eigenvalue weighted by Crippen LogP contribution is 2.43. The normalized spacial score (nSPS) is 13.4. The molecule has 1 fully saturated rings. The largest absolute Gasteiger partial charge is 0.491 e. The minimum absolute atomic E-state index is 0.0357. The summed E-state index contributed by atoms with van der Waals surface area (Å²) in [7, 11) is 0. The molecule has 10 nitrogen and oxygen atoms in total. The first-order valence-electron chi connectivity index (χ1n) is 17.6. The maximum atomic E-state index is 14.5. The molecule has 0 spiro atoms. The van der Waals surface area contributed by atoms with E-state index in [9.17, 15) is 32.4 Å². The van der Waals surface area contributed by atoms with E-state index in [0.29, 0.717) is 56.0 Å². The highest BCUT2D eigenvalue weighted by Gasteiger charge is 2.37. The molecule has 5 heterocycles. The van der Waals surface area contributed by atoms with E-state index in [1.54, 1.807) is 36.6 Å². The fourth-order valence-corrected chi connectivity index (χ4v) is 8.23. The number of carbonyl (C=O) groups excluding carboxylic acids is 1. The topological polar surface area (TPSA) is 123 Å². The van der Waals surface area contributed by atoms with Crippen LogP contribution in [0.2, 0.25) is 5.02 Å². The van der Waals surface area contributed by atoms with Gasteiger partial charge in [0.1, 0.15) is 36.7 Å². The molecule has 1 aliphatic rings. The Balaban J connectivity index is 1.21. The number of rotatable bonds is 10. The number of pyridine rings is 2. The molecule has 0 unspecified atom stereocenters. The number of nitrogens with zero attached hydrogens (tertiary/aromatic N) is 6. The smallest absolute Gasteiger partial charge is 0.417 e. The lowest BCUT2D eigenvalue weighted by molar-refractivity contribution is -0.137. The minimum atomic E-state index is -4.97. The van der Waals surface area contributed by atoms with Gasteiger partial charge in [-0.3, -0.25) is 24.2 Å². The molecule has 56 heavy (non-hydrogen) atoms. The van der Waals surface area contributed by atoms with Gasteiger partial charge in [-0.05, 0) is 83.1 Å². The van der Waals surface area contributed by atoms with Crippen LogP contribution in [-0.2, 0) is 17.5 Å². The zero-order valence-electron chi connectivity index (χ0n) is 30.4. The van der Waals surface area contributed by atoms with Gasteiger partial charge in [0.2, 0.25) is 0 Å². The fourth-order valence-electron chi connectivity index (χ4n) is 7.05. The highest BCUT2D eigenvalue weighted by molar-refractivity contribution is 7.18. The van der Waals surface area contributed by atoms with Crippen LogP contribution in [0.5, 0.6) is 5.75 Å². The van der Waals surface area contributed by atoms with Crippen molar-refractivity contribution in [3.63, 3.8) is 0 Å². The number of esters is 1. The summed E-state index contributed by atoms with van der Waals surface area (Å²) in [6.07, 6.45) is -1.84. The number of thiophene rings is 1. The third-order valence-electron chi connectivity index (χ3n) is 9.69. The Morgan fingerprint density at radius 2 is 1.79 bits per heavy atom. The summed E-state index contributed by atoms with van der Waals surface area (Å²) in [6.45, 7) is 7.38. The number of ether oxygens (including phenoxy) is 2.